The lowest BCUT2D eigenvalue weighted by Crippen LogP contribution is -2.46. The lowest BCUT2D eigenvalue weighted by atomic mass is 9.79. The third-order valence-corrected chi connectivity index (χ3v) is 3.62. The number of urea groups is 1. The number of hydrogen-bond donors (Lipinski definition) is 0. The molecule has 0 aromatic heterocycles. The number of amides is 2. The summed E-state index contributed by atoms with van der Waals surface area (Å²) in [4.78, 5) is 15.6. The van der Waals surface area contributed by atoms with Gasteiger partial charge >= 0.3 is 6.03 Å². The third kappa shape index (κ3) is 1.60. The van der Waals surface area contributed by atoms with Crippen molar-refractivity contribution in [2.75, 3.05) is 20.6 Å². The molecule has 1 aliphatic heterocycles. The van der Waals surface area contributed by atoms with Gasteiger partial charge in [-0.25, -0.2) is 4.79 Å². The first-order valence-electron chi connectivity index (χ1n) is 5.68. The van der Waals surface area contributed by atoms with Gasteiger partial charge in [0.05, 0.1) is 0 Å². The molecular formula is C11H20N2O. The Bertz CT molecular complexity index is 223. The van der Waals surface area contributed by atoms with E-state index in [1.165, 1.54) is 32.1 Å². The molecule has 0 radical (unpaired) electrons. The Morgan fingerprint density at radius 1 is 1.21 bits per heavy atom. The van der Waals surface area contributed by atoms with E-state index in [0.717, 1.165) is 12.5 Å². The fourth-order valence-corrected chi connectivity index (χ4v) is 2.60. The first-order valence-corrected chi connectivity index (χ1v) is 5.68. The van der Waals surface area contributed by atoms with E-state index in [9.17, 15) is 4.79 Å². The van der Waals surface area contributed by atoms with Crippen molar-refractivity contribution in [1.29, 1.82) is 0 Å². The number of carbonyl (C=O) groups is 1. The van der Waals surface area contributed by atoms with Crippen LogP contribution in [0.25, 0.3) is 0 Å². The number of rotatable bonds is 1. The van der Waals surface area contributed by atoms with E-state index in [1.54, 1.807) is 4.90 Å². The van der Waals surface area contributed by atoms with Crippen LogP contribution in [0.15, 0.2) is 0 Å². The minimum atomic E-state index is 0.208. The fraction of sp³-hybridized carbons (Fsp3) is 0.909. The second-order valence-corrected chi connectivity index (χ2v) is 4.77. The maximum Gasteiger partial charge on any atom is 0.319 e. The van der Waals surface area contributed by atoms with Crippen molar-refractivity contribution in [3.63, 3.8) is 0 Å². The quantitative estimate of drug-likeness (QED) is 0.628. The molecule has 1 heterocycles. The molecule has 3 nitrogen and oxygen atoms in total. The molecule has 14 heavy (non-hydrogen) atoms. The highest BCUT2D eigenvalue weighted by molar-refractivity contribution is 5.74. The molecule has 1 atom stereocenters. The van der Waals surface area contributed by atoms with Crippen molar-refractivity contribution >= 4 is 6.03 Å². The molecule has 2 rings (SSSR count). The largest absolute Gasteiger partial charge is 0.331 e. The van der Waals surface area contributed by atoms with E-state index in [0.29, 0.717) is 6.04 Å². The van der Waals surface area contributed by atoms with Crippen LogP contribution in [0, 0.1) is 5.92 Å². The number of nitrogens with zero attached hydrogens (tertiary/aromatic N) is 2. The Labute approximate surface area is 86.1 Å². The van der Waals surface area contributed by atoms with Crippen LogP contribution >= 0.6 is 0 Å². The van der Waals surface area contributed by atoms with Crippen LogP contribution in [0.3, 0.4) is 0 Å². The van der Waals surface area contributed by atoms with Gasteiger partial charge in [0.15, 0.2) is 0 Å². The van der Waals surface area contributed by atoms with E-state index in [2.05, 4.69) is 4.90 Å². The minimum absolute atomic E-state index is 0.208. The molecule has 1 saturated heterocycles. The van der Waals surface area contributed by atoms with Gasteiger partial charge in [0.2, 0.25) is 0 Å². The zero-order valence-electron chi connectivity index (χ0n) is 9.20. The van der Waals surface area contributed by atoms with Crippen LogP contribution in [0.5, 0.6) is 0 Å². The maximum absolute atomic E-state index is 11.9. The monoisotopic (exact) mass is 196 g/mol. The van der Waals surface area contributed by atoms with Gasteiger partial charge in [-0.2, -0.15) is 0 Å². The van der Waals surface area contributed by atoms with Crippen LogP contribution in [-0.4, -0.2) is 42.5 Å². The van der Waals surface area contributed by atoms with E-state index >= 15 is 0 Å². The van der Waals surface area contributed by atoms with Crippen molar-refractivity contribution in [1.82, 2.24) is 9.80 Å². The molecule has 1 aliphatic carbocycles. The molecule has 0 aromatic rings. The molecule has 0 spiro atoms. The summed E-state index contributed by atoms with van der Waals surface area (Å²) in [6.07, 6.45) is 6.46. The van der Waals surface area contributed by atoms with Crippen molar-refractivity contribution in [2.24, 2.45) is 5.92 Å². The molecule has 80 valence electrons. The predicted molar refractivity (Wildman–Crippen MR) is 56.2 cm³/mol. The lowest BCUT2D eigenvalue weighted by molar-refractivity contribution is 0.122. The summed E-state index contributed by atoms with van der Waals surface area (Å²) in [7, 11) is 3.69. The molecule has 2 aliphatic rings. The van der Waals surface area contributed by atoms with Crippen LogP contribution in [-0.2, 0) is 0 Å². The maximum atomic E-state index is 11.9. The molecular weight excluding hydrogens is 176 g/mol. The number of likely N-dealkylation sites (tertiary alicyclic amines) is 1. The van der Waals surface area contributed by atoms with Gasteiger partial charge in [-0.1, -0.05) is 6.42 Å². The zero-order chi connectivity index (χ0) is 10.1. The zero-order valence-corrected chi connectivity index (χ0v) is 9.20. The number of hydrogen-bond acceptors (Lipinski definition) is 1. The average Bonchev–Trinajstić information content (AvgIpc) is 2.48. The standard InChI is InChI=1S/C11H20N2O/c1-12(2)11(14)13-8-4-7-10(13)9-5-3-6-9/h9-10H,3-8H2,1-2H3. The highest BCUT2D eigenvalue weighted by Gasteiger charge is 2.37. The molecule has 0 bridgehead atoms. The summed E-state index contributed by atoms with van der Waals surface area (Å²) in [5.74, 6) is 0.807. The van der Waals surface area contributed by atoms with Gasteiger partial charge in [0.25, 0.3) is 0 Å². The Hall–Kier alpha value is -0.730. The van der Waals surface area contributed by atoms with Crippen LogP contribution < -0.4 is 0 Å². The lowest BCUT2D eigenvalue weighted by Gasteiger charge is -2.37. The smallest absolute Gasteiger partial charge is 0.319 e. The van der Waals surface area contributed by atoms with Gasteiger partial charge in [0.1, 0.15) is 0 Å². The summed E-state index contributed by atoms with van der Waals surface area (Å²) >= 11 is 0. The van der Waals surface area contributed by atoms with Gasteiger partial charge in [-0.05, 0) is 31.6 Å². The summed E-state index contributed by atoms with van der Waals surface area (Å²) < 4.78 is 0. The molecule has 1 saturated carbocycles. The van der Waals surface area contributed by atoms with E-state index in [1.807, 2.05) is 14.1 Å². The second-order valence-electron chi connectivity index (χ2n) is 4.77. The normalized spacial score (nSPS) is 27.6. The molecule has 2 amide bonds. The Morgan fingerprint density at radius 3 is 2.43 bits per heavy atom. The molecule has 2 fully saturated rings. The SMILES string of the molecule is CN(C)C(=O)N1CCCC1C1CCC1. The average molecular weight is 196 g/mol. The van der Waals surface area contributed by atoms with E-state index < -0.39 is 0 Å². The first kappa shape index (κ1) is 9.81. The minimum Gasteiger partial charge on any atom is -0.331 e. The predicted octanol–water partition coefficient (Wildman–Crippen LogP) is 1.93. The fourth-order valence-electron chi connectivity index (χ4n) is 2.60. The molecule has 3 heteroatoms. The molecule has 1 unspecified atom stereocenters. The van der Waals surface area contributed by atoms with Crippen molar-refractivity contribution in [3.05, 3.63) is 0 Å². The first-order chi connectivity index (χ1) is 6.70. The molecule has 0 aromatic carbocycles. The third-order valence-electron chi connectivity index (χ3n) is 3.62. The van der Waals surface area contributed by atoms with Crippen molar-refractivity contribution in [3.8, 4) is 0 Å². The number of carbonyl (C=O) groups excluding carboxylic acids is 1. The Balaban J connectivity index is 1.99. The van der Waals surface area contributed by atoms with Crippen molar-refractivity contribution < 1.29 is 4.79 Å². The van der Waals surface area contributed by atoms with Crippen LogP contribution in [0.2, 0.25) is 0 Å². The van der Waals surface area contributed by atoms with Gasteiger partial charge in [-0.15, -0.1) is 0 Å². The van der Waals surface area contributed by atoms with Gasteiger partial charge < -0.3 is 9.80 Å². The summed E-state index contributed by atoms with van der Waals surface area (Å²) in [5.41, 5.74) is 0. The highest BCUT2D eigenvalue weighted by Crippen LogP contribution is 2.37. The van der Waals surface area contributed by atoms with Gasteiger partial charge in [-0.3, -0.25) is 0 Å². The van der Waals surface area contributed by atoms with E-state index in [-0.39, 0.29) is 6.03 Å². The molecule has 0 N–H and O–H groups in total. The van der Waals surface area contributed by atoms with Crippen molar-refractivity contribution in [2.45, 2.75) is 38.1 Å². The summed E-state index contributed by atoms with van der Waals surface area (Å²) in [6, 6.07) is 0.762. The van der Waals surface area contributed by atoms with Gasteiger partial charge in [0, 0.05) is 26.7 Å². The topological polar surface area (TPSA) is 23.6 Å². The van der Waals surface area contributed by atoms with Crippen LogP contribution in [0.1, 0.15) is 32.1 Å². The summed E-state index contributed by atoms with van der Waals surface area (Å²) in [6.45, 7) is 0.970. The summed E-state index contributed by atoms with van der Waals surface area (Å²) in [5, 5.41) is 0. The van der Waals surface area contributed by atoms with Crippen LogP contribution in [0.4, 0.5) is 4.79 Å². The van der Waals surface area contributed by atoms with E-state index in [4.69, 9.17) is 0 Å². The Morgan fingerprint density at radius 2 is 1.93 bits per heavy atom. The Kier molecular flexibility index (Phi) is 2.66. The second kappa shape index (κ2) is 3.79. The highest BCUT2D eigenvalue weighted by atomic mass is 16.2.